The highest BCUT2D eigenvalue weighted by molar-refractivity contribution is 6.00. The smallest absolute Gasteiger partial charge is 0.228 e. The topological polar surface area (TPSA) is 49.9 Å². The molecule has 1 aromatic rings. The Balaban J connectivity index is 1.49. The van der Waals surface area contributed by atoms with E-state index in [2.05, 4.69) is 4.90 Å². The summed E-state index contributed by atoms with van der Waals surface area (Å²) in [7, 11) is 1.62. The summed E-state index contributed by atoms with van der Waals surface area (Å²) < 4.78 is 5.27. The van der Waals surface area contributed by atoms with E-state index in [0.717, 1.165) is 37.1 Å². The Morgan fingerprint density at radius 3 is 2.54 bits per heavy atom. The zero-order valence-corrected chi connectivity index (χ0v) is 15.5. The number of anilines is 1. The van der Waals surface area contributed by atoms with Crippen LogP contribution in [0.3, 0.4) is 0 Å². The van der Waals surface area contributed by atoms with E-state index >= 15 is 0 Å². The maximum Gasteiger partial charge on any atom is 0.228 e. The van der Waals surface area contributed by atoms with Crippen LogP contribution in [0, 0.1) is 5.92 Å². The van der Waals surface area contributed by atoms with Crippen molar-refractivity contribution in [1.82, 2.24) is 4.90 Å². The number of hydrogen-bond acceptors (Lipinski definition) is 3. The lowest BCUT2D eigenvalue weighted by atomic mass is 9.92. The molecule has 2 saturated carbocycles. The van der Waals surface area contributed by atoms with E-state index in [0.29, 0.717) is 25.0 Å². The van der Waals surface area contributed by atoms with E-state index in [4.69, 9.17) is 4.74 Å². The van der Waals surface area contributed by atoms with Crippen molar-refractivity contribution < 1.29 is 14.3 Å². The summed E-state index contributed by atoms with van der Waals surface area (Å²) in [4.78, 5) is 29.8. The minimum Gasteiger partial charge on any atom is -0.497 e. The summed E-state index contributed by atoms with van der Waals surface area (Å²) in [6, 6.07) is 8.34. The highest BCUT2D eigenvalue weighted by atomic mass is 16.5. The molecule has 5 heteroatoms. The lowest BCUT2D eigenvalue weighted by Gasteiger charge is -2.36. The fourth-order valence-electron chi connectivity index (χ4n) is 4.48. The van der Waals surface area contributed by atoms with Crippen LogP contribution in [0.25, 0.3) is 0 Å². The van der Waals surface area contributed by atoms with Crippen molar-refractivity contribution in [3.8, 4) is 5.75 Å². The van der Waals surface area contributed by atoms with Gasteiger partial charge in [-0.05, 0) is 37.8 Å². The molecule has 0 bridgehead atoms. The van der Waals surface area contributed by atoms with E-state index in [1.165, 1.54) is 19.3 Å². The average molecular weight is 356 g/mol. The Morgan fingerprint density at radius 2 is 1.85 bits per heavy atom. The minimum absolute atomic E-state index is 0.0380. The molecule has 1 saturated heterocycles. The molecule has 0 aromatic heterocycles. The first-order valence-corrected chi connectivity index (χ1v) is 9.94. The van der Waals surface area contributed by atoms with E-state index in [1.54, 1.807) is 12.0 Å². The summed E-state index contributed by atoms with van der Waals surface area (Å²) >= 11 is 0. The minimum atomic E-state index is -0.212. The maximum atomic E-state index is 13.3. The van der Waals surface area contributed by atoms with Crippen molar-refractivity contribution in [3.05, 3.63) is 24.3 Å². The third-order valence-corrected chi connectivity index (χ3v) is 6.00. The van der Waals surface area contributed by atoms with Gasteiger partial charge in [0.05, 0.1) is 13.0 Å². The Kier molecular flexibility index (Phi) is 4.88. The van der Waals surface area contributed by atoms with Gasteiger partial charge in [-0.15, -0.1) is 0 Å². The van der Waals surface area contributed by atoms with Gasteiger partial charge in [-0.3, -0.25) is 9.59 Å². The predicted molar refractivity (Wildman–Crippen MR) is 100 cm³/mol. The molecule has 0 radical (unpaired) electrons. The number of rotatable bonds is 5. The normalized spacial score (nSPS) is 24.0. The molecule has 26 heavy (non-hydrogen) atoms. The van der Waals surface area contributed by atoms with Crippen molar-refractivity contribution in [2.24, 2.45) is 5.92 Å². The monoisotopic (exact) mass is 356 g/mol. The maximum absolute atomic E-state index is 13.3. The number of hydrogen-bond donors (Lipinski definition) is 0. The molecule has 2 aliphatic carbocycles. The van der Waals surface area contributed by atoms with Gasteiger partial charge in [-0.25, -0.2) is 0 Å². The predicted octanol–water partition coefficient (Wildman–Crippen LogP) is 3.37. The Hall–Kier alpha value is -2.04. The summed E-state index contributed by atoms with van der Waals surface area (Å²) in [5, 5.41) is 0. The van der Waals surface area contributed by atoms with Gasteiger partial charge in [-0.2, -0.15) is 0 Å². The molecule has 140 valence electrons. The van der Waals surface area contributed by atoms with Crippen LogP contribution in [0.15, 0.2) is 24.3 Å². The quantitative estimate of drug-likeness (QED) is 0.813. The van der Waals surface area contributed by atoms with Gasteiger partial charge in [-0.1, -0.05) is 25.3 Å². The van der Waals surface area contributed by atoms with Crippen LogP contribution in [0.1, 0.15) is 51.4 Å². The van der Waals surface area contributed by atoms with E-state index in [9.17, 15) is 9.59 Å². The molecule has 1 unspecified atom stereocenters. The van der Waals surface area contributed by atoms with Gasteiger partial charge in [0, 0.05) is 36.8 Å². The molecule has 3 fully saturated rings. The van der Waals surface area contributed by atoms with E-state index in [-0.39, 0.29) is 17.7 Å². The van der Waals surface area contributed by atoms with Crippen LogP contribution >= 0.6 is 0 Å². The van der Waals surface area contributed by atoms with Gasteiger partial charge < -0.3 is 14.5 Å². The Labute approximate surface area is 155 Å². The SMILES string of the molecule is COc1cccc(N2CC(C(=O)N(C3CCCCC3)C3CC3)CC2=O)c1. The van der Waals surface area contributed by atoms with Crippen molar-refractivity contribution >= 4 is 17.5 Å². The van der Waals surface area contributed by atoms with Gasteiger partial charge in [0.25, 0.3) is 0 Å². The summed E-state index contributed by atoms with van der Waals surface area (Å²) in [5.74, 6) is 0.761. The average Bonchev–Trinajstić information content (AvgIpc) is 3.43. The summed E-state index contributed by atoms with van der Waals surface area (Å²) in [6.07, 6.45) is 8.57. The number of amides is 2. The second-order valence-electron chi connectivity index (χ2n) is 7.88. The van der Waals surface area contributed by atoms with Gasteiger partial charge in [0.2, 0.25) is 11.8 Å². The second kappa shape index (κ2) is 7.29. The molecule has 2 amide bonds. The molecule has 1 atom stereocenters. The number of ether oxygens (including phenoxy) is 1. The fourth-order valence-corrected chi connectivity index (χ4v) is 4.48. The highest BCUT2D eigenvalue weighted by Gasteiger charge is 2.44. The van der Waals surface area contributed by atoms with Crippen molar-refractivity contribution in [1.29, 1.82) is 0 Å². The van der Waals surface area contributed by atoms with Gasteiger partial charge in [0.15, 0.2) is 0 Å². The van der Waals surface area contributed by atoms with E-state index in [1.807, 2.05) is 24.3 Å². The third-order valence-electron chi connectivity index (χ3n) is 6.00. The van der Waals surface area contributed by atoms with Crippen molar-refractivity contribution in [2.45, 2.75) is 63.5 Å². The molecule has 4 rings (SSSR count). The van der Waals surface area contributed by atoms with Gasteiger partial charge in [0.1, 0.15) is 5.75 Å². The van der Waals surface area contributed by atoms with Crippen LogP contribution in [0.2, 0.25) is 0 Å². The van der Waals surface area contributed by atoms with Crippen LogP contribution in [-0.4, -0.2) is 42.5 Å². The van der Waals surface area contributed by atoms with Crippen LogP contribution in [-0.2, 0) is 9.59 Å². The molecule has 1 aromatic carbocycles. The Morgan fingerprint density at radius 1 is 1.12 bits per heavy atom. The number of methoxy groups -OCH3 is 1. The summed E-state index contributed by atoms with van der Waals surface area (Å²) in [5.41, 5.74) is 0.820. The van der Waals surface area contributed by atoms with E-state index < -0.39 is 0 Å². The van der Waals surface area contributed by atoms with Crippen LogP contribution in [0.4, 0.5) is 5.69 Å². The molecular weight excluding hydrogens is 328 g/mol. The molecule has 5 nitrogen and oxygen atoms in total. The molecule has 1 heterocycles. The Bertz CT molecular complexity index is 680. The number of carbonyl (C=O) groups is 2. The van der Waals surface area contributed by atoms with Crippen LogP contribution < -0.4 is 9.64 Å². The first kappa shape index (κ1) is 17.4. The first-order chi connectivity index (χ1) is 12.7. The lowest BCUT2D eigenvalue weighted by molar-refractivity contribution is -0.139. The van der Waals surface area contributed by atoms with Crippen molar-refractivity contribution in [2.75, 3.05) is 18.6 Å². The summed E-state index contributed by atoms with van der Waals surface area (Å²) in [6.45, 7) is 0.487. The molecule has 0 N–H and O–H groups in total. The number of benzene rings is 1. The fraction of sp³-hybridized carbons (Fsp3) is 0.619. The zero-order valence-electron chi connectivity index (χ0n) is 15.5. The third kappa shape index (κ3) is 3.44. The molecular formula is C21H28N2O3. The zero-order chi connectivity index (χ0) is 18.1. The number of carbonyl (C=O) groups excluding carboxylic acids is 2. The molecule has 1 aliphatic heterocycles. The second-order valence-corrected chi connectivity index (χ2v) is 7.88. The van der Waals surface area contributed by atoms with Crippen LogP contribution in [0.5, 0.6) is 5.75 Å². The van der Waals surface area contributed by atoms with Crippen molar-refractivity contribution in [3.63, 3.8) is 0 Å². The highest BCUT2D eigenvalue weighted by Crippen LogP contribution is 2.37. The lowest BCUT2D eigenvalue weighted by Crippen LogP contribution is -2.46. The molecule has 0 spiro atoms. The number of nitrogens with zero attached hydrogens (tertiary/aromatic N) is 2. The molecule has 3 aliphatic rings. The standard InChI is InChI=1S/C21H28N2O3/c1-26-19-9-5-8-18(13-19)22-14-15(12-20(22)24)21(25)23(17-10-11-17)16-6-3-2-4-7-16/h5,8-9,13,15-17H,2-4,6-7,10-12,14H2,1H3. The van der Waals surface area contributed by atoms with Gasteiger partial charge >= 0.3 is 0 Å². The first-order valence-electron chi connectivity index (χ1n) is 9.94. The largest absolute Gasteiger partial charge is 0.497 e.